The fourth-order valence-electron chi connectivity index (χ4n) is 5.00. The second-order valence-corrected chi connectivity index (χ2v) is 9.88. The third-order valence-electron chi connectivity index (χ3n) is 6.76. The number of hydrogen-bond acceptors (Lipinski definition) is 4. The van der Waals surface area contributed by atoms with Crippen molar-refractivity contribution in [2.75, 3.05) is 39.3 Å². The molecule has 1 saturated heterocycles. The Morgan fingerprint density at radius 3 is 2.29 bits per heavy atom. The number of aromatic nitrogens is 1. The van der Waals surface area contributed by atoms with E-state index in [-0.39, 0.29) is 0 Å². The molecule has 6 nitrogen and oxygen atoms in total. The van der Waals surface area contributed by atoms with Crippen LogP contribution in [0.2, 0.25) is 0 Å². The first-order valence-corrected chi connectivity index (χ1v) is 12.0. The standard InChI is InChI=1S/C27H35FN4O2/c1-20-24(18-21-8-10-22(11-9-21)26(33)29-34)23-6-4-5-7-25(23)32(20)17-16-30-12-14-31(15-13-30)19-27(2,3)28/h4-11,34H,12-19H2,1-3H3,(H,29,33). The smallest absolute Gasteiger partial charge is 0.274 e. The minimum Gasteiger partial charge on any atom is -0.343 e. The van der Waals surface area contributed by atoms with Crippen molar-refractivity contribution in [2.45, 2.75) is 39.4 Å². The first-order chi connectivity index (χ1) is 16.2. The largest absolute Gasteiger partial charge is 0.343 e. The zero-order valence-electron chi connectivity index (χ0n) is 20.4. The van der Waals surface area contributed by atoms with Gasteiger partial charge in [0.05, 0.1) is 0 Å². The van der Waals surface area contributed by atoms with Crippen LogP contribution in [0.5, 0.6) is 0 Å². The molecular formula is C27H35FN4O2. The molecule has 2 N–H and O–H groups in total. The van der Waals surface area contributed by atoms with Crippen molar-refractivity contribution in [2.24, 2.45) is 0 Å². The van der Waals surface area contributed by atoms with Crippen LogP contribution in [0.15, 0.2) is 48.5 Å². The number of amides is 1. The van der Waals surface area contributed by atoms with E-state index in [2.05, 4.69) is 45.6 Å². The summed E-state index contributed by atoms with van der Waals surface area (Å²) in [5.41, 5.74) is 5.87. The van der Waals surface area contributed by atoms with Gasteiger partial charge in [0.2, 0.25) is 0 Å². The Kier molecular flexibility index (Phi) is 7.36. The number of halogens is 1. The molecule has 0 saturated carbocycles. The van der Waals surface area contributed by atoms with E-state index < -0.39 is 11.6 Å². The summed E-state index contributed by atoms with van der Waals surface area (Å²) in [6.45, 7) is 11.6. The van der Waals surface area contributed by atoms with E-state index in [0.29, 0.717) is 12.1 Å². The van der Waals surface area contributed by atoms with E-state index in [4.69, 9.17) is 5.21 Å². The summed E-state index contributed by atoms with van der Waals surface area (Å²) in [4.78, 5) is 16.3. The number of rotatable bonds is 8. The first-order valence-electron chi connectivity index (χ1n) is 12.0. The fraction of sp³-hybridized carbons (Fsp3) is 0.444. The van der Waals surface area contributed by atoms with Gasteiger partial charge >= 0.3 is 0 Å². The van der Waals surface area contributed by atoms with Crippen molar-refractivity contribution in [1.82, 2.24) is 19.8 Å². The van der Waals surface area contributed by atoms with Gasteiger partial charge < -0.3 is 4.57 Å². The third-order valence-corrected chi connectivity index (χ3v) is 6.76. The van der Waals surface area contributed by atoms with Crippen LogP contribution in [0.25, 0.3) is 10.9 Å². The lowest BCUT2D eigenvalue weighted by Crippen LogP contribution is -2.50. The molecule has 1 aliphatic rings. The van der Waals surface area contributed by atoms with E-state index in [1.165, 1.54) is 22.2 Å². The maximum atomic E-state index is 14.0. The Morgan fingerprint density at radius 2 is 1.65 bits per heavy atom. The quantitative estimate of drug-likeness (QED) is 0.389. The van der Waals surface area contributed by atoms with Crippen molar-refractivity contribution in [3.05, 3.63) is 70.9 Å². The number of carbonyl (C=O) groups excluding carboxylic acids is 1. The SMILES string of the molecule is Cc1c(Cc2ccc(C(=O)NO)cc2)c2ccccc2n1CCN1CCN(CC(C)(C)F)CC1. The molecule has 2 heterocycles. The van der Waals surface area contributed by atoms with Crippen molar-refractivity contribution in [3.8, 4) is 0 Å². The summed E-state index contributed by atoms with van der Waals surface area (Å²) >= 11 is 0. The molecule has 1 aromatic heterocycles. The molecule has 4 rings (SSSR count). The van der Waals surface area contributed by atoms with E-state index >= 15 is 0 Å². The molecular weight excluding hydrogens is 431 g/mol. The number of para-hydroxylation sites is 1. The highest BCUT2D eigenvalue weighted by molar-refractivity contribution is 5.93. The number of fused-ring (bicyclic) bond motifs is 1. The van der Waals surface area contributed by atoms with Crippen molar-refractivity contribution in [1.29, 1.82) is 0 Å². The first kappa shape index (κ1) is 24.4. The van der Waals surface area contributed by atoms with Crippen LogP contribution < -0.4 is 5.48 Å². The Hall–Kier alpha value is -2.74. The number of hydroxylamine groups is 1. The van der Waals surface area contributed by atoms with Gasteiger partial charge in [-0.15, -0.1) is 0 Å². The van der Waals surface area contributed by atoms with Gasteiger partial charge in [0, 0.05) is 68.0 Å². The van der Waals surface area contributed by atoms with Gasteiger partial charge in [0.1, 0.15) is 5.67 Å². The van der Waals surface area contributed by atoms with Crippen LogP contribution in [-0.4, -0.2) is 70.4 Å². The van der Waals surface area contributed by atoms with E-state index in [1.54, 1.807) is 31.5 Å². The molecule has 0 radical (unpaired) electrons. The summed E-state index contributed by atoms with van der Waals surface area (Å²) in [5.74, 6) is -0.506. The molecule has 0 bridgehead atoms. The minimum absolute atomic E-state index is 0.431. The Morgan fingerprint density at radius 1 is 1.00 bits per heavy atom. The monoisotopic (exact) mass is 466 g/mol. The molecule has 34 heavy (non-hydrogen) atoms. The molecule has 182 valence electrons. The maximum absolute atomic E-state index is 14.0. The topological polar surface area (TPSA) is 60.7 Å². The van der Waals surface area contributed by atoms with Gasteiger partial charge in [-0.2, -0.15) is 0 Å². The van der Waals surface area contributed by atoms with E-state index in [0.717, 1.165) is 51.3 Å². The number of nitrogens with zero attached hydrogens (tertiary/aromatic N) is 3. The van der Waals surface area contributed by atoms with Gasteiger partial charge in [-0.25, -0.2) is 9.87 Å². The summed E-state index contributed by atoms with van der Waals surface area (Å²) in [7, 11) is 0. The van der Waals surface area contributed by atoms with Crippen LogP contribution in [0.1, 0.15) is 41.0 Å². The molecule has 0 aliphatic carbocycles. The molecule has 7 heteroatoms. The number of benzene rings is 2. The van der Waals surface area contributed by atoms with Gasteiger partial charge in [-0.3, -0.25) is 19.8 Å². The number of piperazine rings is 1. The fourth-order valence-corrected chi connectivity index (χ4v) is 5.00. The van der Waals surface area contributed by atoms with E-state index in [9.17, 15) is 9.18 Å². The summed E-state index contributed by atoms with van der Waals surface area (Å²) in [6.07, 6.45) is 0.776. The Bertz CT molecular complexity index is 1130. The highest BCUT2D eigenvalue weighted by Crippen LogP contribution is 2.28. The highest BCUT2D eigenvalue weighted by atomic mass is 19.1. The number of hydrogen-bond donors (Lipinski definition) is 2. The summed E-state index contributed by atoms with van der Waals surface area (Å²) < 4.78 is 16.4. The van der Waals surface area contributed by atoms with E-state index in [1.807, 2.05) is 12.1 Å². The number of alkyl halides is 1. The van der Waals surface area contributed by atoms with Crippen molar-refractivity contribution >= 4 is 16.8 Å². The second kappa shape index (κ2) is 10.3. The lowest BCUT2D eigenvalue weighted by atomic mass is 10.0. The molecule has 2 aromatic carbocycles. The Balaban J connectivity index is 1.46. The zero-order valence-corrected chi connectivity index (χ0v) is 20.4. The summed E-state index contributed by atoms with van der Waals surface area (Å²) in [5, 5.41) is 10.1. The van der Waals surface area contributed by atoms with Gasteiger partial charge in [-0.1, -0.05) is 30.3 Å². The van der Waals surface area contributed by atoms with Crippen molar-refractivity contribution in [3.63, 3.8) is 0 Å². The molecule has 3 aromatic rings. The van der Waals surface area contributed by atoms with Crippen LogP contribution in [0, 0.1) is 6.92 Å². The summed E-state index contributed by atoms with van der Waals surface area (Å²) in [6, 6.07) is 15.9. The van der Waals surface area contributed by atoms with Crippen molar-refractivity contribution < 1.29 is 14.4 Å². The Labute approximate surface area is 200 Å². The lowest BCUT2D eigenvalue weighted by molar-refractivity contribution is 0.0706. The highest BCUT2D eigenvalue weighted by Gasteiger charge is 2.24. The zero-order chi connectivity index (χ0) is 24.3. The molecule has 1 amide bonds. The third kappa shape index (κ3) is 5.66. The predicted molar refractivity (Wildman–Crippen MR) is 133 cm³/mol. The minimum atomic E-state index is -1.15. The average molecular weight is 467 g/mol. The average Bonchev–Trinajstić information content (AvgIpc) is 3.08. The number of nitrogens with one attached hydrogen (secondary N) is 1. The normalized spacial score (nSPS) is 15.7. The second-order valence-electron chi connectivity index (χ2n) is 9.88. The molecule has 1 aliphatic heterocycles. The molecule has 0 atom stereocenters. The van der Waals surface area contributed by atoms with Gasteiger partial charge in [0.15, 0.2) is 0 Å². The molecule has 0 spiro atoms. The number of carbonyl (C=O) groups is 1. The van der Waals surface area contributed by atoms with Gasteiger partial charge in [0.25, 0.3) is 5.91 Å². The van der Waals surface area contributed by atoms with Crippen LogP contribution in [-0.2, 0) is 13.0 Å². The van der Waals surface area contributed by atoms with Crippen LogP contribution >= 0.6 is 0 Å². The lowest BCUT2D eigenvalue weighted by Gasteiger charge is -2.36. The molecule has 0 unspecified atom stereocenters. The molecule has 1 fully saturated rings. The van der Waals surface area contributed by atoms with Gasteiger partial charge in [-0.05, 0) is 56.5 Å². The van der Waals surface area contributed by atoms with Crippen LogP contribution in [0.3, 0.4) is 0 Å². The maximum Gasteiger partial charge on any atom is 0.274 e. The predicted octanol–water partition coefficient (Wildman–Crippen LogP) is 4.03. The van der Waals surface area contributed by atoms with Crippen LogP contribution in [0.4, 0.5) is 4.39 Å².